The van der Waals surface area contributed by atoms with Crippen LogP contribution in [0.2, 0.25) is 0 Å². The van der Waals surface area contributed by atoms with E-state index in [4.69, 9.17) is 13.9 Å². The van der Waals surface area contributed by atoms with Crippen LogP contribution < -0.4 is 5.32 Å². The Kier molecular flexibility index (Phi) is 10.1. The van der Waals surface area contributed by atoms with Crippen molar-refractivity contribution in [2.24, 2.45) is 5.16 Å². The number of fused-ring (bicyclic) bond motifs is 1. The van der Waals surface area contributed by atoms with Crippen molar-refractivity contribution >= 4 is 32.2 Å². The third-order valence-corrected chi connectivity index (χ3v) is 8.21. The standard InChI is InChI=1S/C26H36N7O6P/c1-6-12-30-39-40(33(16(2)3)17(4)5)38-23-20(14-34)37-22(21(23)35)19-13-29-32-24(19)27-15-28-26(32)31-25(36)18-10-8-7-9-11-18/h7-13,15-17,20-23,34-35H,6,14H2,1-5H3,(H,27,28,31,36)/b30-12+. The number of carbonyl (C=O) groups excluding carboxylic acids is 1. The number of amides is 1. The van der Waals surface area contributed by atoms with Gasteiger partial charge in [-0.05, 0) is 46.2 Å². The number of rotatable bonds is 12. The summed E-state index contributed by atoms with van der Waals surface area (Å²) in [5.74, 6) is -0.207. The van der Waals surface area contributed by atoms with Gasteiger partial charge in [-0.2, -0.15) is 9.61 Å². The fourth-order valence-corrected chi connectivity index (χ4v) is 6.10. The molecule has 0 aliphatic carbocycles. The van der Waals surface area contributed by atoms with Crippen LogP contribution >= 0.6 is 8.53 Å². The van der Waals surface area contributed by atoms with Crippen molar-refractivity contribution in [2.75, 3.05) is 11.9 Å². The van der Waals surface area contributed by atoms with E-state index in [1.165, 1.54) is 17.0 Å². The van der Waals surface area contributed by atoms with E-state index in [-0.39, 0.29) is 23.9 Å². The minimum Gasteiger partial charge on any atom is -0.394 e. The number of nitrogens with one attached hydrogen (secondary N) is 1. The molecule has 1 aliphatic rings. The second-order valence-corrected chi connectivity index (χ2v) is 11.1. The summed E-state index contributed by atoms with van der Waals surface area (Å²) in [7, 11) is -1.74. The first-order valence-electron chi connectivity index (χ1n) is 13.2. The molecule has 5 atom stereocenters. The number of hydrogen-bond donors (Lipinski definition) is 3. The number of hydrogen-bond acceptors (Lipinski definition) is 11. The van der Waals surface area contributed by atoms with Gasteiger partial charge in [-0.25, -0.2) is 14.6 Å². The molecule has 0 saturated carbocycles. The highest BCUT2D eigenvalue weighted by Gasteiger charge is 2.49. The molecule has 0 bridgehead atoms. The summed E-state index contributed by atoms with van der Waals surface area (Å²) < 4.78 is 21.6. The van der Waals surface area contributed by atoms with E-state index in [1.807, 2.05) is 45.4 Å². The van der Waals surface area contributed by atoms with E-state index in [1.54, 1.807) is 30.5 Å². The molecule has 3 N–H and O–H groups in total. The molecule has 1 amide bonds. The summed E-state index contributed by atoms with van der Waals surface area (Å²) in [5, 5.41) is 32.7. The van der Waals surface area contributed by atoms with E-state index in [0.717, 1.165) is 0 Å². The maximum atomic E-state index is 12.7. The fourth-order valence-electron chi connectivity index (χ4n) is 4.50. The molecule has 0 radical (unpaired) electrons. The van der Waals surface area contributed by atoms with Crippen LogP contribution in [-0.2, 0) is 13.9 Å². The molecule has 5 unspecified atom stereocenters. The molecule has 40 heavy (non-hydrogen) atoms. The van der Waals surface area contributed by atoms with Gasteiger partial charge in [0, 0.05) is 29.4 Å². The first-order valence-corrected chi connectivity index (χ1v) is 14.3. The number of carbonyl (C=O) groups is 1. The Morgan fingerprint density at radius 1 is 1.25 bits per heavy atom. The smallest absolute Gasteiger partial charge is 0.347 e. The Balaban J connectivity index is 1.59. The van der Waals surface area contributed by atoms with Crippen molar-refractivity contribution < 1.29 is 28.9 Å². The Morgan fingerprint density at radius 2 is 1.98 bits per heavy atom. The normalized spacial score (nSPS) is 22.1. The number of oxime groups is 1. The summed E-state index contributed by atoms with van der Waals surface area (Å²) >= 11 is 0. The second-order valence-electron chi connectivity index (χ2n) is 9.77. The summed E-state index contributed by atoms with van der Waals surface area (Å²) in [4.78, 5) is 21.2. The number of anilines is 1. The van der Waals surface area contributed by atoms with Gasteiger partial charge in [0.2, 0.25) is 5.95 Å². The lowest BCUT2D eigenvalue weighted by atomic mass is 10.0. The molecule has 1 fully saturated rings. The van der Waals surface area contributed by atoms with E-state index in [9.17, 15) is 15.0 Å². The first kappa shape index (κ1) is 29.9. The molecular formula is C26H36N7O6P. The van der Waals surface area contributed by atoms with Gasteiger partial charge in [0.15, 0.2) is 5.65 Å². The monoisotopic (exact) mass is 573 g/mol. The number of nitrogens with zero attached hydrogens (tertiary/aromatic N) is 6. The van der Waals surface area contributed by atoms with Gasteiger partial charge in [-0.3, -0.25) is 10.1 Å². The van der Waals surface area contributed by atoms with E-state index < -0.39 is 39.5 Å². The molecule has 3 heterocycles. The van der Waals surface area contributed by atoms with Crippen LogP contribution in [0, 0.1) is 0 Å². The van der Waals surface area contributed by atoms with Crippen molar-refractivity contribution in [3.05, 3.63) is 54.0 Å². The number of ether oxygens (including phenoxy) is 1. The third kappa shape index (κ3) is 6.46. The minimum atomic E-state index is -1.74. The number of benzene rings is 1. The minimum absolute atomic E-state index is 0.0617. The average molecular weight is 574 g/mol. The SMILES string of the molecule is CC/C=N/OP(OC1C(CO)OC(c2cnn3c(NC(=O)c4ccccc4)ncnc23)C1O)N(C(C)C)C(C)C. The van der Waals surface area contributed by atoms with Crippen LogP contribution in [-0.4, -0.2) is 83.6 Å². The van der Waals surface area contributed by atoms with Crippen LogP contribution in [0.4, 0.5) is 5.95 Å². The molecule has 3 aromatic rings. The highest BCUT2D eigenvalue weighted by atomic mass is 31.2. The van der Waals surface area contributed by atoms with Gasteiger partial charge in [-0.1, -0.05) is 30.3 Å². The molecule has 1 aliphatic heterocycles. The van der Waals surface area contributed by atoms with Crippen molar-refractivity contribution in [3.8, 4) is 0 Å². The van der Waals surface area contributed by atoms with Gasteiger partial charge in [-0.15, -0.1) is 0 Å². The number of aromatic nitrogens is 4. The van der Waals surface area contributed by atoms with E-state index in [0.29, 0.717) is 23.2 Å². The summed E-state index contributed by atoms with van der Waals surface area (Å²) in [6, 6.07) is 8.84. The third-order valence-electron chi connectivity index (χ3n) is 6.25. The van der Waals surface area contributed by atoms with E-state index >= 15 is 0 Å². The predicted molar refractivity (Wildman–Crippen MR) is 150 cm³/mol. The van der Waals surface area contributed by atoms with E-state index in [2.05, 4.69) is 25.5 Å². The largest absolute Gasteiger partial charge is 0.394 e. The van der Waals surface area contributed by atoms with Crippen molar-refractivity contribution in [1.29, 1.82) is 0 Å². The predicted octanol–water partition coefficient (Wildman–Crippen LogP) is 3.31. The highest BCUT2D eigenvalue weighted by Crippen LogP contribution is 2.50. The number of aliphatic hydroxyl groups is 2. The van der Waals surface area contributed by atoms with Gasteiger partial charge in [0.25, 0.3) is 5.91 Å². The van der Waals surface area contributed by atoms with Crippen LogP contribution in [0.5, 0.6) is 0 Å². The summed E-state index contributed by atoms with van der Waals surface area (Å²) in [6.45, 7) is 9.63. The van der Waals surface area contributed by atoms with Crippen molar-refractivity contribution in [3.63, 3.8) is 0 Å². The van der Waals surface area contributed by atoms with Gasteiger partial charge in [0.1, 0.15) is 30.7 Å². The quantitative estimate of drug-likeness (QED) is 0.167. The Bertz CT molecular complexity index is 1280. The average Bonchev–Trinajstić information content (AvgIpc) is 3.50. The van der Waals surface area contributed by atoms with Gasteiger partial charge >= 0.3 is 8.53 Å². The molecule has 13 nitrogen and oxygen atoms in total. The van der Waals surface area contributed by atoms with Gasteiger partial charge in [0.05, 0.1) is 12.8 Å². The molecule has 1 saturated heterocycles. The lowest BCUT2D eigenvalue weighted by molar-refractivity contribution is -0.0203. The Labute approximate surface area is 234 Å². The molecule has 1 aromatic carbocycles. The molecule has 216 valence electrons. The molecule has 2 aromatic heterocycles. The Hall–Kier alpha value is -3.06. The van der Waals surface area contributed by atoms with Crippen LogP contribution in [0.1, 0.15) is 63.1 Å². The van der Waals surface area contributed by atoms with Crippen molar-refractivity contribution in [1.82, 2.24) is 24.3 Å². The lowest BCUT2D eigenvalue weighted by Gasteiger charge is -2.35. The second kappa shape index (κ2) is 13.5. The van der Waals surface area contributed by atoms with Crippen LogP contribution in [0.25, 0.3) is 5.65 Å². The highest BCUT2D eigenvalue weighted by molar-refractivity contribution is 7.44. The van der Waals surface area contributed by atoms with Gasteiger partial charge < -0.3 is 24.1 Å². The molecule has 14 heteroatoms. The zero-order chi connectivity index (χ0) is 28.8. The fraction of sp³-hybridized carbons (Fsp3) is 0.500. The zero-order valence-corrected chi connectivity index (χ0v) is 24.0. The number of aliphatic hydroxyl groups excluding tert-OH is 2. The maximum absolute atomic E-state index is 12.7. The zero-order valence-electron chi connectivity index (χ0n) is 23.2. The maximum Gasteiger partial charge on any atom is 0.347 e. The van der Waals surface area contributed by atoms with Crippen molar-refractivity contribution in [2.45, 2.75) is 77.5 Å². The summed E-state index contributed by atoms with van der Waals surface area (Å²) in [6.07, 6.45) is 1.23. The molecular weight excluding hydrogens is 537 g/mol. The summed E-state index contributed by atoms with van der Waals surface area (Å²) in [5.41, 5.74) is 1.24. The molecule has 4 rings (SSSR count). The topological polar surface area (TPSA) is 156 Å². The Morgan fingerprint density at radius 3 is 2.62 bits per heavy atom. The van der Waals surface area contributed by atoms with Crippen LogP contribution in [0.3, 0.4) is 0 Å². The first-order chi connectivity index (χ1) is 19.3. The molecule has 0 spiro atoms. The van der Waals surface area contributed by atoms with Crippen LogP contribution in [0.15, 0.2) is 48.0 Å². The lowest BCUT2D eigenvalue weighted by Crippen LogP contribution is -2.39.